The van der Waals surface area contributed by atoms with Crippen molar-refractivity contribution in [1.82, 2.24) is 5.32 Å². The SMILES string of the molecule is CC1(CNCc2cc(Cl)cs2)CCCCC1. The Balaban J connectivity index is 1.74. The maximum Gasteiger partial charge on any atom is 0.0516 e. The van der Waals surface area contributed by atoms with Crippen LogP contribution < -0.4 is 5.32 Å². The van der Waals surface area contributed by atoms with Gasteiger partial charge in [0.25, 0.3) is 0 Å². The van der Waals surface area contributed by atoms with E-state index in [-0.39, 0.29) is 0 Å². The minimum absolute atomic E-state index is 0.527. The summed E-state index contributed by atoms with van der Waals surface area (Å²) in [6, 6.07) is 2.06. The number of hydrogen-bond acceptors (Lipinski definition) is 2. The standard InChI is InChI=1S/C13H20ClNS/c1-13(5-3-2-4-6-13)10-15-8-12-7-11(14)9-16-12/h7,9,15H,2-6,8,10H2,1H3. The second-order valence-electron chi connectivity index (χ2n) is 5.21. The van der Waals surface area contributed by atoms with E-state index in [1.807, 2.05) is 5.38 Å². The van der Waals surface area contributed by atoms with Gasteiger partial charge < -0.3 is 5.32 Å². The van der Waals surface area contributed by atoms with E-state index in [9.17, 15) is 0 Å². The lowest BCUT2D eigenvalue weighted by Gasteiger charge is -2.33. The summed E-state index contributed by atoms with van der Waals surface area (Å²) < 4.78 is 0. The molecule has 1 nitrogen and oxygen atoms in total. The largest absolute Gasteiger partial charge is 0.311 e. The van der Waals surface area contributed by atoms with Gasteiger partial charge in [-0.1, -0.05) is 37.8 Å². The van der Waals surface area contributed by atoms with Gasteiger partial charge in [-0.15, -0.1) is 11.3 Å². The minimum Gasteiger partial charge on any atom is -0.311 e. The van der Waals surface area contributed by atoms with E-state index in [1.54, 1.807) is 11.3 Å². The van der Waals surface area contributed by atoms with E-state index in [0.717, 1.165) is 18.1 Å². The highest BCUT2D eigenvalue weighted by Crippen LogP contribution is 2.35. The maximum atomic E-state index is 5.90. The second-order valence-corrected chi connectivity index (χ2v) is 6.64. The van der Waals surface area contributed by atoms with E-state index in [0.29, 0.717) is 5.41 Å². The molecule has 1 saturated carbocycles. The zero-order valence-corrected chi connectivity index (χ0v) is 11.5. The van der Waals surface area contributed by atoms with Crippen LogP contribution in [-0.2, 0) is 6.54 Å². The number of nitrogens with one attached hydrogen (secondary N) is 1. The van der Waals surface area contributed by atoms with Gasteiger partial charge in [0, 0.05) is 23.3 Å². The molecule has 2 rings (SSSR count). The zero-order valence-electron chi connectivity index (χ0n) is 9.89. The fraction of sp³-hybridized carbons (Fsp3) is 0.692. The molecule has 0 saturated heterocycles. The molecule has 0 unspecified atom stereocenters. The molecular formula is C13H20ClNS. The van der Waals surface area contributed by atoms with Crippen molar-refractivity contribution in [2.75, 3.05) is 6.54 Å². The molecule has 1 aliphatic rings. The predicted octanol–water partition coefficient (Wildman–Crippen LogP) is 4.46. The fourth-order valence-electron chi connectivity index (χ4n) is 2.52. The lowest BCUT2D eigenvalue weighted by atomic mass is 9.76. The number of rotatable bonds is 4. The molecule has 1 aromatic heterocycles. The number of hydrogen-bond donors (Lipinski definition) is 1. The zero-order chi connectivity index (χ0) is 11.4. The maximum absolute atomic E-state index is 5.90. The van der Waals surface area contributed by atoms with E-state index >= 15 is 0 Å². The molecule has 90 valence electrons. The minimum atomic E-state index is 0.527. The lowest BCUT2D eigenvalue weighted by molar-refractivity contribution is 0.208. The van der Waals surface area contributed by atoms with Crippen molar-refractivity contribution in [1.29, 1.82) is 0 Å². The molecule has 0 aliphatic heterocycles. The van der Waals surface area contributed by atoms with Crippen LogP contribution in [0, 0.1) is 5.41 Å². The van der Waals surface area contributed by atoms with Crippen LogP contribution in [0.15, 0.2) is 11.4 Å². The van der Waals surface area contributed by atoms with Crippen LogP contribution in [-0.4, -0.2) is 6.54 Å². The molecule has 1 aromatic rings. The van der Waals surface area contributed by atoms with E-state index < -0.39 is 0 Å². The van der Waals surface area contributed by atoms with Crippen LogP contribution in [0.1, 0.15) is 43.9 Å². The van der Waals surface area contributed by atoms with Gasteiger partial charge in [-0.05, 0) is 24.3 Å². The first-order chi connectivity index (χ1) is 7.68. The third kappa shape index (κ3) is 3.47. The molecular weight excluding hydrogens is 238 g/mol. The van der Waals surface area contributed by atoms with E-state index in [1.165, 1.54) is 37.0 Å². The molecule has 0 aromatic carbocycles. The molecule has 3 heteroatoms. The van der Waals surface area contributed by atoms with E-state index in [4.69, 9.17) is 11.6 Å². The molecule has 1 aliphatic carbocycles. The number of halogens is 1. The Kier molecular flexibility index (Phi) is 4.28. The average Bonchev–Trinajstić information content (AvgIpc) is 2.65. The van der Waals surface area contributed by atoms with Crippen LogP contribution >= 0.6 is 22.9 Å². The molecule has 0 bridgehead atoms. The Labute approximate surface area is 107 Å². The molecule has 1 heterocycles. The first kappa shape index (κ1) is 12.4. The first-order valence-corrected chi connectivity index (χ1v) is 7.37. The Morgan fingerprint density at radius 3 is 2.75 bits per heavy atom. The first-order valence-electron chi connectivity index (χ1n) is 6.12. The van der Waals surface area contributed by atoms with E-state index in [2.05, 4.69) is 18.3 Å². The molecule has 0 atom stereocenters. The van der Waals surface area contributed by atoms with Gasteiger partial charge in [-0.25, -0.2) is 0 Å². The molecule has 1 fully saturated rings. The highest BCUT2D eigenvalue weighted by Gasteiger charge is 2.25. The summed E-state index contributed by atoms with van der Waals surface area (Å²) in [4.78, 5) is 1.34. The Morgan fingerprint density at radius 2 is 2.12 bits per heavy atom. The third-order valence-corrected chi connectivity index (χ3v) is 4.82. The van der Waals surface area contributed by atoms with Crippen molar-refractivity contribution in [3.63, 3.8) is 0 Å². The van der Waals surface area contributed by atoms with Crippen LogP contribution in [0.4, 0.5) is 0 Å². The van der Waals surface area contributed by atoms with Crippen LogP contribution in [0.2, 0.25) is 5.02 Å². The Hall–Kier alpha value is -0.0500. The summed E-state index contributed by atoms with van der Waals surface area (Å²) in [6.07, 6.45) is 7.00. The summed E-state index contributed by atoms with van der Waals surface area (Å²) in [5, 5.41) is 6.44. The summed E-state index contributed by atoms with van der Waals surface area (Å²) >= 11 is 7.64. The highest BCUT2D eigenvalue weighted by molar-refractivity contribution is 7.10. The third-order valence-electron chi connectivity index (χ3n) is 3.53. The Bertz CT molecular complexity index is 328. The van der Waals surface area contributed by atoms with Gasteiger partial charge in [0.1, 0.15) is 0 Å². The summed E-state index contributed by atoms with van der Waals surface area (Å²) in [5.41, 5.74) is 0.527. The molecule has 0 amide bonds. The number of thiophene rings is 1. The molecule has 0 radical (unpaired) electrons. The predicted molar refractivity (Wildman–Crippen MR) is 72.2 cm³/mol. The van der Waals surface area contributed by atoms with Crippen LogP contribution in [0.5, 0.6) is 0 Å². The molecule has 1 N–H and O–H groups in total. The van der Waals surface area contributed by atoms with Crippen molar-refractivity contribution in [2.45, 2.75) is 45.6 Å². The van der Waals surface area contributed by atoms with Crippen molar-refractivity contribution in [3.8, 4) is 0 Å². The van der Waals surface area contributed by atoms with Gasteiger partial charge in [0.15, 0.2) is 0 Å². The van der Waals surface area contributed by atoms with Gasteiger partial charge in [-0.3, -0.25) is 0 Å². The summed E-state index contributed by atoms with van der Waals surface area (Å²) in [5.74, 6) is 0. The fourth-order valence-corrected chi connectivity index (χ4v) is 3.56. The normalized spacial score (nSPS) is 19.9. The molecule has 16 heavy (non-hydrogen) atoms. The average molecular weight is 258 g/mol. The van der Waals surface area contributed by atoms with Gasteiger partial charge in [0.2, 0.25) is 0 Å². The van der Waals surface area contributed by atoms with Crippen molar-refractivity contribution in [2.24, 2.45) is 5.41 Å². The van der Waals surface area contributed by atoms with Crippen LogP contribution in [0.25, 0.3) is 0 Å². The second kappa shape index (κ2) is 5.52. The van der Waals surface area contributed by atoms with Crippen LogP contribution in [0.3, 0.4) is 0 Å². The Morgan fingerprint density at radius 1 is 1.38 bits per heavy atom. The van der Waals surface area contributed by atoms with Crippen molar-refractivity contribution < 1.29 is 0 Å². The summed E-state index contributed by atoms with van der Waals surface area (Å²) in [6.45, 7) is 4.52. The quantitative estimate of drug-likeness (QED) is 0.840. The summed E-state index contributed by atoms with van der Waals surface area (Å²) in [7, 11) is 0. The van der Waals surface area contributed by atoms with Gasteiger partial charge >= 0.3 is 0 Å². The van der Waals surface area contributed by atoms with Gasteiger partial charge in [0.05, 0.1) is 5.02 Å². The highest BCUT2D eigenvalue weighted by atomic mass is 35.5. The monoisotopic (exact) mass is 257 g/mol. The topological polar surface area (TPSA) is 12.0 Å². The van der Waals surface area contributed by atoms with Crippen molar-refractivity contribution >= 4 is 22.9 Å². The van der Waals surface area contributed by atoms with Gasteiger partial charge in [-0.2, -0.15) is 0 Å². The smallest absolute Gasteiger partial charge is 0.0516 e. The molecule has 0 spiro atoms. The lowest BCUT2D eigenvalue weighted by Crippen LogP contribution is -2.33. The van der Waals surface area contributed by atoms with Crippen molar-refractivity contribution in [3.05, 3.63) is 21.3 Å².